The van der Waals surface area contributed by atoms with Crippen LogP contribution in [0.3, 0.4) is 0 Å². The molecule has 0 saturated heterocycles. The predicted molar refractivity (Wildman–Crippen MR) is 97.9 cm³/mol. The molecule has 6 heteroatoms. The molecule has 0 radical (unpaired) electrons. The SMILES string of the molecule is Cc1oc(/C=C/C(=O)NCCCOC(C)c2ccccc2)cc1C(=O)O. The number of rotatable bonds is 9. The Bertz CT molecular complexity index is 764. The van der Waals surface area contributed by atoms with Crippen molar-refractivity contribution in [3.63, 3.8) is 0 Å². The third kappa shape index (κ3) is 5.89. The number of nitrogens with one attached hydrogen (secondary N) is 1. The molecule has 138 valence electrons. The van der Waals surface area contributed by atoms with Crippen LogP contribution in [0.5, 0.6) is 0 Å². The van der Waals surface area contributed by atoms with Crippen LogP contribution in [0.2, 0.25) is 0 Å². The molecule has 6 nitrogen and oxygen atoms in total. The van der Waals surface area contributed by atoms with Gasteiger partial charge >= 0.3 is 5.97 Å². The molecule has 1 aromatic carbocycles. The van der Waals surface area contributed by atoms with Crippen LogP contribution in [-0.4, -0.2) is 30.1 Å². The quantitative estimate of drug-likeness (QED) is 0.529. The molecular formula is C20H23NO5. The number of carboxylic acid groups (broad SMARTS) is 1. The summed E-state index contributed by atoms with van der Waals surface area (Å²) in [6.45, 7) is 4.59. The molecule has 2 rings (SSSR count). The molecule has 1 aromatic heterocycles. The van der Waals surface area contributed by atoms with E-state index in [1.165, 1.54) is 18.2 Å². The fourth-order valence-electron chi connectivity index (χ4n) is 2.38. The highest BCUT2D eigenvalue weighted by atomic mass is 16.5. The first kappa shape index (κ1) is 19.5. The topological polar surface area (TPSA) is 88.8 Å². The monoisotopic (exact) mass is 357 g/mol. The maximum absolute atomic E-state index is 11.8. The minimum absolute atomic E-state index is 0.0115. The maximum Gasteiger partial charge on any atom is 0.339 e. The van der Waals surface area contributed by atoms with E-state index in [2.05, 4.69) is 5.32 Å². The fraction of sp³-hybridized carbons (Fsp3) is 0.300. The normalized spacial score (nSPS) is 12.2. The number of hydrogen-bond acceptors (Lipinski definition) is 4. The molecule has 2 aromatic rings. The van der Waals surface area contributed by atoms with Gasteiger partial charge in [0.1, 0.15) is 17.1 Å². The Balaban J connectivity index is 1.67. The highest BCUT2D eigenvalue weighted by Crippen LogP contribution is 2.16. The minimum Gasteiger partial charge on any atom is -0.478 e. The lowest BCUT2D eigenvalue weighted by atomic mass is 10.1. The van der Waals surface area contributed by atoms with E-state index >= 15 is 0 Å². The minimum atomic E-state index is -1.06. The molecule has 0 spiro atoms. The average molecular weight is 357 g/mol. The summed E-state index contributed by atoms with van der Waals surface area (Å²) in [6, 6.07) is 11.3. The molecule has 26 heavy (non-hydrogen) atoms. The van der Waals surface area contributed by atoms with Gasteiger partial charge in [-0.1, -0.05) is 30.3 Å². The zero-order chi connectivity index (χ0) is 18.9. The molecule has 0 bridgehead atoms. The predicted octanol–water partition coefficient (Wildman–Crippen LogP) is 3.58. The number of aryl methyl sites for hydroxylation is 1. The zero-order valence-electron chi connectivity index (χ0n) is 14.9. The molecule has 1 atom stereocenters. The number of benzene rings is 1. The lowest BCUT2D eigenvalue weighted by Crippen LogP contribution is -2.23. The van der Waals surface area contributed by atoms with Crippen molar-refractivity contribution in [2.75, 3.05) is 13.2 Å². The van der Waals surface area contributed by atoms with Gasteiger partial charge in [0.05, 0.1) is 6.10 Å². The number of furan rings is 1. The van der Waals surface area contributed by atoms with Gasteiger partial charge in [0.15, 0.2) is 0 Å². The number of carboxylic acids is 1. The van der Waals surface area contributed by atoms with Crippen LogP contribution in [0.4, 0.5) is 0 Å². The van der Waals surface area contributed by atoms with Gasteiger partial charge in [-0.05, 0) is 38.0 Å². The molecule has 0 aliphatic rings. The maximum atomic E-state index is 11.8. The van der Waals surface area contributed by atoms with E-state index < -0.39 is 5.97 Å². The molecule has 0 fully saturated rings. The van der Waals surface area contributed by atoms with E-state index in [-0.39, 0.29) is 17.6 Å². The van der Waals surface area contributed by atoms with Crippen molar-refractivity contribution in [3.05, 3.63) is 65.1 Å². The van der Waals surface area contributed by atoms with Crippen LogP contribution in [0.15, 0.2) is 46.9 Å². The smallest absolute Gasteiger partial charge is 0.339 e. The van der Waals surface area contributed by atoms with Crippen LogP contribution < -0.4 is 5.32 Å². The van der Waals surface area contributed by atoms with E-state index in [9.17, 15) is 9.59 Å². The number of carbonyl (C=O) groups excluding carboxylic acids is 1. The largest absolute Gasteiger partial charge is 0.478 e. The van der Waals surface area contributed by atoms with Crippen molar-refractivity contribution in [2.45, 2.75) is 26.4 Å². The summed E-state index contributed by atoms with van der Waals surface area (Å²) in [6.07, 6.45) is 3.47. The Kier molecular flexibility index (Phi) is 7.17. The second kappa shape index (κ2) is 9.58. The number of carbonyl (C=O) groups is 2. The summed E-state index contributed by atoms with van der Waals surface area (Å²) in [7, 11) is 0. The Morgan fingerprint density at radius 2 is 2.04 bits per heavy atom. The molecule has 0 saturated carbocycles. The molecule has 2 N–H and O–H groups in total. The summed E-state index contributed by atoms with van der Waals surface area (Å²) in [5.41, 5.74) is 1.21. The van der Waals surface area contributed by atoms with Gasteiger partial charge in [0, 0.05) is 19.2 Å². The van der Waals surface area contributed by atoms with Crippen LogP contribution in [0.25, 0.3) is 6.08 Å². The number of amides is 1. The van der Waals surface area contributed by atoms with Crippen LogP contribution in [0, 0.1) is 6.92 Å². The average Bonchev–Trinajstić information content (AvgIpc) is 3.01. The molecule has 1 amide bonds. The van der Waals surface area contributed by atoms with Crippen molar-refractivity contribution in [3.8, 4) is 0 Å². The van der Waals surface area contributed by atoms with Crippen LogP contribution in [-0.2, 0) is 9.53 Å². The first-order valence-corrected chi connectivity index (χ1v) is 8.43. The van der Waals surface area contributed by atoms with E-state index in [0.29, 0.717) is 31.1 Å². The molecule has 0 aliphatic carbocycles. The Hall–Kier alpha value is -2.86. The van der Waals surface area contributed by atoms with Crippen molar-refractivity contribution in [2.24, 2.45) is 0 Å². The molecule has 1 unspecified atom stereocenters. The molecular weight excluding hydrogens is 334 g/mol. The fourth-order valence-corrected chi connectivity index (χ4v) is 2.38. The van der Waals surface area contributed by atoms with Crippen LogP contribution in [0.1, 0.15) is 46.9 Å². The van der Waals surface area contributed by atoms with Crippen LogP contribution >= 0.6 is 0 Å². The van der Waals surface area contributed by atoms with E-state index in [0.717, 1.165) is 5.56 Å². The number of hydrogen-bond donors (Lipinski definition) is 2. The Labute approximate surface area is 152 Å². The lowest BCUT2D eigenvalue weighted by Gasteiger charge is -2.13. The van der Waals surface area contributed by atoms with Gasteiger partial charge in [-0.3, -0.25) is 4.79 Å². The van der Waals surface area contributed by atoms with Gasteiger partial charge < -0.3 is 19.6 Å². The Morgan fingerprint density at radius 1 is 1.31 bits per heavy atom. The third-order valence-electron chi connectivity index (χ3n) is 3.82. The third-order valence-corrected chi connectivity index (χ3v) is 3.82. The summed E-state index contributed by atoms with van der Waals surface area (Å²) in [4.78, 5) is 22.7. The molecule has 1 heterocycles. The van der Waals surface area contributed by atoms with Crippen molar-refractivity contribution in [1.29, 1.82) is 0 Å². The highest BCUT2D eigenvalue weighted by molar-refractivity contribution is 5.92. The first-order valence-electron chi connectivity index (χ1n) is 8.43. The van der Waals surface area contributed by atoms with Gasteiger partial charge in [-0.15, -0.1) is 0 Å². The van der Waals surface area contributed by atoms with Gasteiger partial charge in [-0.2, -0.15) is 0 Å². The second-order valence-electron chi connectivity index (χ2n) is 5.83. The van der Waals surface area contributed by atoms with Gasteiger partial charge in [0.25, 0.3) is 0 Å². The zero-order valence-corrected chi connectivity index (χ0v) is 14.9. The first-order chi connectivity index (χ1) is 12.5. The van der Waals surface area contributed by atoms with Gasteiger partial charge in [0.2, 0.25) is 5.91 Å². The second-order valence-corrected chi connectivity index (χ2v) is 5.83. The summed E-state index contributed by atoms with van der Waals surface area (Å²) in [5.74, 6) is -0.690. The van der Waals surface area contributed by atoms with E-state index in [4.69, 9.17) is 14.3 Å². The van der Waals surface area contributed by atoms with Crippen molar-refractivity contribution in [1.82, 2.24) is 5.32 Å². The molecule has 0 aliphatic heterocycles. The van der Waals surface area contributed by atoms with Gasteiger partial charge in [-0.25, -0.2) is 4.79 Å². The van der Waals surface area contributed by atoms with Crippen molar-refractivity contribution < 1.29 is 23.8 Å². The van der Waals surface area contributed by atoms with E-state index in [1.54, 1.807) is 6.92 Å². The summed E-state index contributed by atoms with van der Waals surface area (Å²) >= 11 is 0. The van der Waals surface area contributed by atoms with E-state index in [1.807, 2.05) is 37.3 Å². The van der Waals surface area contributed by atoms with Crippen molar-refractivity contribution >= 4 is 18.0 Å². The highest BCUT2D eigenvalue weighted by Gasteiger charge is 2.12. The lowest BCUT2D eigenvalue weighted by molar-refractivity contribution is -0.116. The standard InChI is InChI=1S/C20H23NO5/c1-14(16-7-4-3-5-8-16)25-12-6-11-21-19(22)10-9-17-13-18(20(23)24)15(2)26-17/h3-5,7-10,13-14H,6,11-12H2,1-2H3,(H,21,22)(H,23,24)/b10-9+. The Morgan fingerprint density at radius 3 is 2.69 bits per heavy atom. The number of aromatic carboxylic acids is 1. The summed E-state index contributed by atoms with van der Waals surface area (Å²) in [5, 5.41) is 11.7. The number of ether oxygens (including phenoxy) is 1. The summed E-state index contributed by atoms with van der Waals surface area (Å²) < 4.78 is 11.0.